The maximum absolute atomic E-state index is 12.3. The highest BCUT2D eigenvalue weighted by Gasteiger charge is 2.31. The van der Waals surface area contributed by atoms with Crippen molar-refractivity contribution in [1.82, 2.24) is 9.80 Å². The Morgan fingerprint density at radius 2 is 2.00 bits per heavy atom. The highest BCUT2D eigenvalue weighted by atomic mass is 79.9. The Balaban J connectivity index is 1.71. The number of rotatable bonds is 2. The lowest BCUT2D eigenvalue weighted by Gasteiger charge is -2.41. The average Bonchev–Trinajstić information content (AvgIpc) is 2.47. The zero-order valence-electron chi connectivity index (χ0n) is 12.6. The largest absolute Gasteiger partial charge is 0.322 e. The lowest BCUT2D eigenvalue weighted by atomic mass is 10.00. The number of nitrogens with one attached hydrogen (secondary N) is 1. The van der Waals surface area contributed by atoms with Gasteiger partial charge in [-0.1, -0.05) is 15.9 Å². The van der Waals surface area contributed by atoms with Gasteiger partial charge in [-0.3, -0.25) is 0 Å². The van der Waals surface area contributed by atoms with Crippen molar-refractivity contribution in [2.45, 2.75) is 45.3 Å². The van der Waals surface area contributed by atoms with Crippen LogP contribution in [0.3, 0.4) is 0 Å². The normalized spacial score (nSPS) is 20.6. The minimum Gasteiger partial charge on any atom is -0.317 e. The molecule has 4 nitrogen and oxygen atoms in total. The first-order chi connectivity index (χ1) is 10.0. The van der Waals surface area contributed by atoms with Crippen LogP contribution in [-0.2, 0) is 6.54 Å². The molecule has 0 unspecified atom stereocenters. The number of carbonyl (C=O) groups excluding carboxylic acids is 1. The number of halogens is 1. The topological polar surface area (TPSA) is 35.6 Å². The molecule has 114 valence electrons. The molecular weight excluding hydrogens is 330 g/mol. The molecule has 0 saturated carbocycles. The van der Waals surface area contributed by atoms with Crippen molar-refractivity contribution in [3.63, 3.8) is 0 Å². The van der Waals surface area contributed by atoms with Gasteiger partial charge in [0.25, 0.3) is 0 Å². The van der Waals surface area contributed by atoms with Crippen LogP contribution in [0.2, 0.25) is 0 Å². The highest BCUT2D eigenvalue weighted by molar-refractivity contribution is 9.10. The number of amides is 2. The Bertz CT molecular complexity index is 538. The fraction of sp³-hybridized carbons (Fsp3) is 0.562. The van der Waals surface area contributed by atoms with E-state index >= 15 is 0 Å². The van der Waals surface area contributed by atoms with Crippen LogP contribution in [-0.4, -0.2) is 41.0 Å². The molecular formula is C16H22BrN3O. The molecule has 0 spiro atoms. The number of carbonyl (C=O) groups is 1. The zero-order valence-corrected chi connectivity index (χ0v) is 14.2. The van der Waals surface area contributed by atoms with E-state index < -0.39 is 0 Å². The predicted octanol–water partition coefficient (Wildman–Crippen LogP) is 3.67. The van der Waals surface area contributed by atoms with E-state index in [0.29, 0.717) is 18.6 Å². The molecule has 1 saturated heterocycles. The van der Waals surface area contributed by atoms with E-state index in [4.69, 9.17) is 0 Å². The Labute approximate surface area is 134 Å². The summed E-state index contributed by atoms with van der Waals surface area (Å²) >= 11 is 3.51. The number of fused-ring (bicyclic) bond motifs is 1. The number of likely N-dealkylation sites (tertiary alicyclic amines) is 1. The van der Waals surface area contributed by atoms with Crippen molar-refractivity contribution in [2.24, 2.45) is 0 Å². The number of piperidine rings is 1. The molecule has 1 aromatic carbocycles. The first kappa shape index (κ1) is 14.9. The molecule has 0 atom stereocenters. The number of anilines is 1. The van der Waals surface area contributed by atoms with E-state index in [0.717, 1.165) is 36.1 Å². The summed E-state index contributed by atoms with van der Waals surface area (Å²) < 4.78 is 1.06. The van der Waals surface area contributed by atoms with Crippen molar-refractivity contribution in [3.05, 3.63) is 28.2 Å². The van der Waals surface area contributed by atoms with Gasteiger partial charge in [0.05, 0.1) is 0 Å². The van der Waals surface area contributed by atoms with Gasteiger partial charge in [0.2, 0.25) is 0 Å². The molecule has 3 rings (SSSR count). The third-order valence-corrected chi connectivity index (χ3v) is 5.07. The van der Waals surface area contributed by atoms with E-state index in [-0.39, 0.29) is 6.03 Å². The third kappa shape index (κ3) is 3.09. The monoisotopic (exact) mass is 351 g/mol. The molecule has 0 aromatic heterocycles. The van der Waals surface area contributed by atoms with Crippen LogP contribution in [0.15, 0.2) is 22.7 Å². The van der Waals surface area contributed by atoms with E-state index in [9.17, 15) is 4.79 Å². The molecule has 0 bridgehead atoms. The van der Waals surface area contributed by atoms with Gasteiger partial charge in [0, 0.05) is 41.9 Å². The number of urea groups is 1. The Morgan fingerprint density at radius 1 is 1.29 bits per heavy atom. The number of hydrogen-bond acceptors (Lipinski definition) is 2. The van der Waals surface area contributed by atoms with Crippen LogP contribution in [0.4, 0.5) is 10.5 Å². The molecule has 2 heterocycles. The molecule has 1 N–H and O–H groups in total. The second-order valence-corrected chi connectivity index (χ2v) is 7.14. The fourth-order valence-corrected chi connectivity index (χ4v) is 3.67. The van der Waals surface area contributed by atoms with Crippen molar-refractivity contribution in [2.75, 3.05) is 18.4 Å². The molecule has 2 aliphatic heterocycles. The molecule has 0 aliphatic carbocycles. The van der Waals surface area contributed by atoms with Crippen LogP contribution < -0.4 is 5.32 Å². The van der Waals surface area contributed by atoms with Crippen molar-refractivity contribution < 1.29 is 4.79 Å². The summed E-state index contributed by atoms with van der Waals surface area (Å²) in [6, 6.07) is 7.04. The standard InChI is InChI=1S/C16H22BrN3O/c1-11(2)19-7-5-14(6-8-19)20-10-12-9-13(17)3-4-15(12)18-16(20)21/h3-4,9,11,14H,5-8,10H2,1-2H3,(H,18,21). The fourth-order valence-electron chi connectivity index (χ4n) is 3.27. The third-order valence-electron chi connectivity index (χ3n) is 4.58. The van der Waals surface area contributed by atoms with Gasteiger partial charge >= 0.3 is 6.03 Å². The summed E-state index contributed by atoms with van der Waals surface area (Å²) in [5.41, 5.74) is 2.13. The predicted molar refractivity (Wildman–Crippen MR) is 88.4 cm³/mol. The van der Waals surface area contributed by atoms with Crippen LogP contribution in [0.25, 0.3) is 0 Å². The minimum atomic E-state index is 0.0489. The van der Waals surface area contributed by atoms with Gasteiger partial charge in [-0.15, -0.1) is 0 Å². The Morgan fingerprint density at radius 3 is 2.67 bits per heavy atom. The van der Waals surface area contributed by atoms with Crippen LogP contribution in [0, 0.1) is 0 Å². The SMILES string of the molecule is CC(C)N1CCC(N2Cc3cc(Br)ccc3NC2=O)CC1. The minimum absolute atomic E-state index is 0.0489. The molecule has 0 radical (unpaired) electrons. The van der Waals surface area contributed by atoms with Crippen molar-refractivity contribution >= 4 is 27.6 Å². The van der Waals surface area contributed by atoms with Crippen molar-refractivity contribution in [1.29, 1.82) is 0 Å². The summed E-state index contributed by atoms with van der Waals surface area (Å²) in [5, 5.41) is 3.02. The van der Waals surface area contributed by atoms with Gasteiger partial charge in [-0.05, 0) is 50.5 Å². The summed E-state index contributed by atoms with van der Waals surface area (Å²) in [7, 11) is 0. The quantitative estimate of drug-likeness (QED) is 0.882. The maximum atomic E-state index is 12.3. The molecule has 1 aromatic rings. The van der Waals surface area contributed by atoms with Crippen LogP contribution >= 0.6 is 15.9 Å². The second-order valence-electron chi connectivity index (χ2n) is 6.22. The maximum Gasteiger partial charge on any atom is 0.322 e. The summed E-state index contributed by atoms with van der Waals surface area (Å²) in [4.78, 5) is 16.8. The summed E-state index contributed by atoms with van der Waals surface area (Å²) in [6.07, 6.45) is 2.13. The molecule has 21 heavy (non-hydrogen) atoms. The van der Waals surface area contributed by atoms with Gasteiger partial charge in [0.15, 0.2) is 0 Å². The smallest absolute Gasteiger partial charge is 0.317 e. The number of hydrogen-bond donors (Lipinski definition) is 1. The van der Waals surface area contributed by atoms with Gasteiger partial charge < -0.3 is 15.1 Å². The van der Waals surface area contributed by atoms with Crippen molar-refractivity contribution in [3.8, 4) is 0 Å². The number of nitrogens with zero attached hydrogens (tertiary/aromatic N) is 2. The highest BCUT2D eigenvalue weighted by Crippen LogP contribution is 2.30. The van der Waals surface area contributed by atoms with E-state index in [2.05, 4.69) is 46.1 Å². The number of benzene rings is 1. The molecule has 5 heteroatoms. The molecule has 1 fully saturated rings. The zero-order chi connectivity index (χ0) is 15.0. The molecule has 2 aliphatic rings. The van der Waals surface area contributed by atoms with E-state index in [1.807, 2.05) is 17.0 Å². The average molecular weight is 352 g/mol. The van der Waals surface area contributed by atoms with Gasteiger partial charge in [-0.25, -0.2) is 4.79 Å². The first-order valence-corrected chi connectivity index (χ1v) is 8.44. The molecule has 2 amide bonds. The lowest BCUT2D eigenvalue weighted by molar-refractivity contribution is 0.105. The Hall–Kier alpha value is -1.07. The Kier molecular flexibility index (Phi) is 4.22. The summed E-state index contributed by atoms with van der Waals surface area (Å²) in [6.45, 7) is 7.35. The van der Waals surface area contributed by atoms with E-state index in [1.54, 1.807) is 0 Å². The van der Waals surface area contributed by atoms with E-state index in [1.165, 1.54) is 5.56 Å². The summed E-state index contributed by atoms with van der Waals surface area (Å²) in [5.74, 6) is 0. The van der Waals surface area contributed by atoms with Crippen LogP contribution in [0.1, 0.15) is 32.3 Å². The second kappa shape index (κ2) is 5.97. The van der Waals surface area contributed by atoms with Gasteiger partial charge in [0.1, 0.15) is 0 Å². The van der Waals surface area contributed by atoms with Gasteiger partial charge in [-0.2, -0.15) is 0 Å². The first-order valence-electron chi connectivity index (χ1n) is 7.64. The lowest BCUT2D eigenvalue weighted by Crippen LogP contribution is -2.51. The van der Waals surface area contributed by atoms with Crippen LogP contribution in [0.5, 0.6) is 0 Å².